The number of alkyl halides is 3. The van der Waals surface area contributed by atoms with Crippen LogP contribution in [0.25, 0.3) is 11.1 Å². The second-order valence-electron chi connectivity index (χ2n) is 4.91. The molecule has 0 atom stereocenters. The van der Waals surface area contributed by atoms with Crippen molar-refractivity contribution in [2.24, 2.45) is 0 Å². The summed E-state index contributed by atoms with van der Waals surface area (Å²) in [5.41, 5.74) is -4.21. The van der Waals surface area contributed by atoms with Crippen molar-refractivity contribution in [1.82, 2.24) is 4.98 Å². The number of hydrogen-bond acceptors (Lipinski definition) is 4. The van der Waals surface area contributed by atoms with Gasteiger partial charge in [-0.15, -0.1) is 0 Å². The summed E-state index contributed by atoms with van der Waals surface area (Å²) in [6.07, 6.45) is 3.08. The molecule has 0 bridgehead atoms. The molecule has 0 aliphatic carbocycles. The molecule has 0 saturated heterocycles. The van der Waals surface area contributed by atoms with Crippen LogP contribution in [0.2, 0.25) is 5.02 Å². The Bertz CT molecular complexity index is 821. The first kappa shape index (κ1) is 18.5. The van der Waals surface area contributed by atoms with Gasteiger partial charge in [0.2, 0.25) is 0 Å². The summed E-state index contributed by atoms with van der Waals surface area (Å²) in [6, 6.07) is 6.96. The van der Waals surface area contributed by atoms with Crippen molar-refractivity contribution >= 4 is 21.7 Å². The molecule has 1 aromatic heterocycles. The van der Waals surface area contributed by atoms with Crippen molar-refractivity contribution in [3.05, 3.63) is 47.2 Å². The van der Waals surface area contributed by atoms with Gasteiger partial charge >= 0.3 is 15.6 Å². The molecule has 0 spiro atoms. The van der Waals surface area contributed by atoms with E-state index >= 15 is 0 Å². The van der Waals surface area contributed by atoms with Crippen LogP contribution < -0.4 is 4.18 Å². The number of aromatic nitrogens is 1. The molecule has 1 heterocycles. The summed E-state index contributed by atoms with van der Waals surface area (Å²) in [4.78, 5) is 4.19. The highest BCUT2D eigenvalue weighted by Crippen LogP contribution is 2.36. The second kappa shape index (κ2) is 6.98. The minimum absolute atomic E-state index is 0.103. The Hall–Kier alpha value is -1.80. The lowest BCUT2D eigenvalue weighted by Gasteiger charge is -2.13. The van der Waals surface area contributed by atoms with Crippen LogP contribution in [-0.2, 0) is 16.5 Å². The maximum atomic E-state index is 12.5. The van der Waals surface area contributed by atoms with Crippen molar-refractivity contribution < 1.29 is 25.8 Å². The minimum Gasteiger partial charge on any atom is -0.375 e. The molecule has 1 aromatic carbocycles. The number of pyridine rings is 1. The second-order valence-corrected chi connectivity index (χ2v) is 6.89. The third-order valence-electron chi connectivity index (χ3n) is 3.07. The molecule has 0 unspecified atom stereocenters. The van der Waals surface area contributed by atoms with Gasteiger partial charge in [-0.25, -0.2) is 0 Å². The molecule has 0 aliphatic rings. The van der Waals surface area contributed by atoms with E-state index < -0.39 is 21.4 Å². The van der Waals surface area contributed by atoms with Gasteiger partial charge in [0.1, 0.15) is 0 Å². The monoisotopic (exact) mass is 379 g/mol. The van der Waals surface area contributed by atoms with Crippen LogP contribution in [0.1, 0.15) is 19.0 Å². The Morgan fingerprint density at radius 1 is 1.21 bits per heavy atom. The van der Waals surface area contributed by atoms with Crippen LogP contribution in [0, 0.1) is 0 Å². The van der Waals surface area contributed by atoms with E-state index in [2.05, 4.69) is 9.17 Å². The Labute approximate surface area is 142 Å². The van der Waals surface area contributed by atoms with Gasteiger partial charge in [-0.1, -0.05) is 31.0 Å². The molecule has 130 valence electrons. The van der Waals surface area contributed by atoms with E-state index in [0.717, 1.165) is 24.6 Å². The zero-order chi connectivity index (χ0) is 18.0. The van der Waals surface area contributed by atoms with Gasteiger partial charge in [-0.3, -0.25) is 4.98 Å². The van der Waals surface area contributed by atoms with E-state index in [-0.39, 0.29) is 10.6 Å². The SMILES string of the molecule is CCCc1ccc(-c2cc(Cl)ccc2OS(=O)(=O)C(F)(F)F)cn1. The third-order valence-corrected chi connectivity index (χ3v) is 4.27. The van der Waals surface area contributed by atoms with Crippen molar-refractivity contribution in [1.29, 1.82) is 0 Å². The average Bonchev–Trinajstić information content (AvgIpc) is 2.49. The highest BCUT2D eigenvalue weighted by Gasteiger charge is 2.48. The summed E-state index contributed by atoms with van der Waals surface area (Å²) < 4.78 is 64.3. The van der Waals surface area contributed by atoms with Gasteiger partial charge in [0.15, 0.2) is 5.75 Å². The number of aryl methyl sites for hydroxylation is 1. The molecule has 0 amide bonds. The topological polar surface area (TPSA) is 56.3 Å². The van der Waals surface area contributed by atoms with Gasteiger partial charge in [0.25, 0.3) is 0 Å². The van der Waals surface area contributed by atoms with Crippen LogP contribution in [0.5, 0.6) is 5.75 Å². The van der Waals surface area contributed by atoms with Gasteiger partial charge in [-0.05, 0) is 30.7 Å². The van der Waals surface area contributed by atoms with E-state index in [0.29, 0.717) is 5.56 Å². The quantitative estimate of drug-likeness (QED) is 0.563. The Balaban J connectivity index is 2.45. The first-order valence-electron chi connectivity index (χ1n) is 6.89. The highest BCUT2D eigenvalue weighted by molar-refractivity contribution is 7.88. The smallest absolute Gasteiger partial charge is 0.375 e. The van der Waals surface area contributed by atoms with Gasteiger partial charge in [0, 0.05) is 28.0 Å². The summed E-state index contributed by atoms with van der Waals surface area (Å²) in [5.74, 6) is -0.471. The van der Waals surface area contributed by atoms with Crippen LogP contribution >= 0.6 is 11.6 Å². The Morgan fingerprint density at radius 3 is 2.46 bits per heavy atom. The predicted octanol–water partition coefficient (Wildman–Crippen LogP) is 4.58. The van der Waals surface area contributed by atoms with Crippen molar-refractivity contribution in [3.8, 4) is 16.9 Å². The molecule has 9 heteroatoms. The standard InChI is InChI=1S/C15H13ClF3NO3S/c1-2-3-12-6-4-10(9-20-12)13-8-11(16)5-7-14(13)23-24(21,22)15(17,18)19/h4-9H,2-3H2,1H3. The van der Waals surface area contributed by atoms with Crippen molar-refractivity contribution in [2.75, 3.05) is 0 Å². The highest BCUT2D eigenvalue weighted by atomic mass is 35.5. The van der Waals surface area contributed by atoms with Gasteiger partial charge in [0.05, 0.1) is 0 Å². The molecule has 0 fully saturated rings. The molecule has 0 saturated carbocycles. The fourth-order valence-electron chi connectivity index (χ4n) is 1.95. The number of nitrogens with zero attached hydrogens (tertiary/aromatic N) is 1. The van der Waals surface area contributed by atoms with E-state index in [1.54, 1.807) is 12.1 Å². The van der Waals surface area contributed by atoms with Crippen LogP contribution in [0.15, 0.2) is 36.5 Å². The fraction of sp³-hybridized carbons (Fsp3) is 0.267. The maximum absolute atomic E-state index is 12.5. The Kier molecular flexibility index (Phi) is 5.39. The largest absolute Gasteiger partial charge is 0.534 e. The zero-order valence-corrected chi connectivity index (χ0v) is 14.0. The van der Waals surface area contributed by atoms with Gasteiger partial charge in [-0.2, -0.15) is 21.6 Å². The summed E-state index contributed by atoms with van der Waals surface area (Å²) in [6.45, 7) is 1.99. The van der Waals surface area contributed by atoms with Crippen molar-refractivity contribution in [2.45, 2.75) is 25.3 Å². The minimum atomic E-state index is -5.77. The number of benzene rings is 1. The van der Waals surface area contributed by atoms with Crippen molar-refractivity contribution in [3.63, 3.8) is 0 Å². The van der Waals surface area contributed by atoms with E-state index in [4.69, 9.17) is 11.6 Å². The molecular formula is C15H13ClF3NO3S. The fourth-order valence-corrected chi connectivity index (χ4v) is 2.60. The lowest BCUT2D eigenvalue weighted by molar-refractivity contribution is -0.0499. The van der Waals surface area contributed by atoms with Crippen LogP contribution in [0.4, 0.5) is 13.2 Å². The first-order chi connectivity index (χ1) is 11.1. The summed E-state index contributed by atoms with van der Waals surface area (Å²) >= 11 is 5.86. The van der Waals surface area contributed by atoms with Crippen LogP contribution in [-0.4, -0.2) is 18.9 Å². The van der Waals surface area contributed by atoms with Crippen LogP contribution in [0.3, 0.4) is 0 Å². The molecule has 4 nitrogen and oxygen atoms in total. The lowest BCUT2D eigenvalue weighted by Crippen LogP contribution is -2.28. The summed E-state index contributed by atoms with van der Waals surface area (Å²) in [5, 5.41) is 0.222. The molecule has 0 N–H and O–H groups in total. The van der Waals surface area contributed by atoms with Gasteiger partial charge < -0.3 is 4.18 Å². The average molecular weight is 380 g/mol. The first-order valence-corrected chi connectivity index (χ1v) is 8.68. The maximum Gasteiger partial charge on any atom is 0.534 e. The number of hydrogen-bond donors (Lipinski definition) is 0. The molecule has 24 heavy (non-hydrogen) atoms. The molecular weight excluding hydrogens is 367 g/mol. The number of halogens is 4. The molecule has 0 radical (unpaired) electrons. The molecule has 0 aliphatic heterocycles. The third kappa shape index (κ3) is 4.18. The van der Waals surface area contributed by atoms with E-state index in [1.165, 1.54) is 18.3 Å². The lowest BCUT2D eigenvalue weighted by atomic mass is 10.1. The zero-order valence-electron chi connectivity index (χ0n) is 12.5. The van der Waals surface area contributed by atoms with E-state index in [1.807, 2.05) is 6.92 Å². The molecule has 2 rings (SSSR count). The molecule has 2 aromatic rings. The van der Waals surface area contributed by atoms with E-state index in [9.17, 15) is 21.6 Å². The number of rotatable bonds is 5. The summed E-state index contributed by atoms with van der Waals surface area (Å²) in [7, 11) is -5.77. The Morgan fingerprint density at radius 2 is 1.92 bits per heavy atom. The predicted molar refractivity (Wildman–Crippen MR) is 84.3 cm³/mol. The normalized spacial score (nSPS) is 12.2.